The summed E-state index contributed by atoms with van der Waals surface area (Å²) in [7, 11) is 1.80. The van der Waals surface area contributed by atoms with Gasteiger partial charge in [-0.25, -0.2) is 0 Å². The summed E-state index contributed by atoms with van der Waals surface area (Å²) in [5.74, 6) is 0.700. The molecule has 2 fully saturated rings. The molecule has 0 aliphatic carbocycles. The van der Waals surface area contributed by atoms with Crippen LogP contribution in [0.5, 0.6) is 0 Å². The van der Waals surface area contributed by atoms with Crippen molar-refractivity contribution >= 4 is 11.3 Å². The molecule has 0 radical (unpaired) electrons. The monoisotopic (exact) mass is 295 g/mol. The average Bonchev–Trinajstić information content (AvgIpc) is 3.10. The van der Waals surface area contributed by atoms with Gasteiger partial charge in [-0.2, -0.15) is 0 Å². The first-order valence-corrected chi connectivity index (χ1v) is 8.58. The molecule has 20 heavy (non-hydrogen) atoms. The zero-order chi connectivity index (χ0) is 13.8. The lowest BCUT2D eigenvalue weighted by molar-refractivity contribution is -0.0719. The summed E-state index contributed by atoms with van der Waals surface area (Å²) in [6, 6.07) is 4.38. The van der Waals surface area contributed by atoms with Crippen LogP contribution in [-0.4, -0.2) is 43.9 Å². The average molecular weight is 295 g/mol. The molecule has 0 bridgehead atoms. The van der Waals surface area contributed by atoms with E-state index in [2.05, 4.69) is 22.4 Å². The fourth-order valence-corrected chi connectivity index (χ4v) is 4.46. The molecule has 0 saturated carbocycles. The van der Waals surface area contributed by atoms with Crippen LogP contribution >= 0.6 is 11.3 Å². The highest BCUT2D eigenvalue weighted by Crippen LogP contribution is 2.42. The number of hydrogen-bond donors (Lipinski definition) is 0. The summed E-state index contributed by atoms with van der Waals surface area (Å²) < 4.78 is 11.5. The molecular formula is C16H25NO2S. The molecule has 1 aromatic rings. The summed E-state index contributed by atoms with van der Waals surface area (Å²) in [6.07, 6.45) is 4.75. The molecule has 3 heterocycles. The van der Waals surface area contributed by atoms with Gasteiger partial charge in [-0.15, -0.1) is 11.3 Å². The molecule has 0 N–H and O–H groups in total. The van der Waals surface area contributed by atoms with Gasteiger partial charge in [0, 0.05) is 44.8 Å². The summed E-state index contributed by atoms with van der Waals surface area (Å²) in [5, 5.41) is 2.17. The van der Waals surface area contributed by atoms with E-state index >= 15 is 0 Å². The van der Waals surface area contributed by atoms with E-state index in [-0.39, 0.29) is 5.60 Å². The molecule has 1 atom stereocenters. The lowest BCUT2D eigenvalue weighted by Gasteiger charge is -2.42. The van der Waals surface area contributed by atoms with E-state index in [0.29, 0.717) is 5.92 Å². The molecule has 0 amide bonds. The normalized spacial score (nSPS) is 26.4. The van der Waals surface area contributed by atoms with Gasteiger partial charge in [0.05, 0.1) is 5.60 Å². The number of nitrogens with zero attached hydrogens (tertiary/aromatic N) is 1. The zero-order valence-corrected chi connectivity index (χ0v) is 13.2. The van der Waals surface area contributed by atoms with Crippen molar-refractivity contribution in [1.82, 2.24) is 4.90 Å². The van der Waals surface area contributed by atoms with Crippen molar-refractivity contribution in [2.24, 2.45) is 5.92 Å². The molecule has 1 spiro atoms. The molecule has 2 saturated heterocycles. The lowest BCUT2D eigenvalue weighted by Crippen LogP contribution is -2.47. The maximum Gasteiger partial charge on any atom is 0.0736 e. The third-order valence-corrected chi connectivity index (χ3v) is 5.79. The van der Waals surface area contributed by atoms with Crippen LogP contribution < -0.4 is 0 Å². The molecule has 0 aromatic carbocycles. The van der Waals surface area contributed by atoms with Crippen LogP contribution in [0.4, 0.5) is 0 Å². The molecule has 0 unspecified atom stereocenters. The van der Waals surface area contributed by atoms with Gasteiger partial charge in [-0.3, -0.25) is 4.90 Å². The Morgan fingerprint density at radius 3 is 3.00 bits per heavy atom. The Labute approximate surface area is 125 Å². The van der Waals surface area contributed by atoms with Crippen molar-refractivity contribution in [2.75, 3.05) is 33.4 Å². The van der Waals surface area contributed by atoms with E-state index in [9.17, 15) is 0 Å². The van der Waals surface area contributed by atoms with Gasteiger partial charge in [0.1, 0.15) is 0 Å². The first kappa shape index (κ1) is 14.5. The Bertz CT molecular complexity index is 399. The van der Waals surface area contributed by atoms with Crippen LogP contribution in [0.1, 0.15) is 30.6 Å². The Morgan fingerprint density at radius 2 is 2.30 bits per heavy atom. The number of rotatable bonds is 5. The second kappa shape index (κ2) is 6.56. The van der Waals surface area contributed by atoms with Gasteiger partial charge >= 0.3 is 0 Å². The highest BCUT2D eigenvalue weighted by molar-refractivity contribution is 7.09. The Hall–Kier alpha value is -0.420. The fraction of sp³-hybridized carbons (Fsp3) is 0.750. The molecule has 3 rings (SSSR count). The maximum absolute atomic E-state index is 6.20. The predicted octanol–water partition coefficient (Wildman–Crippen LogP) is 3.16. The Morgan fingerprint density at radius 1 is 1.45 bits per heavy atom. The van der Waals surface area contributed by atoms with E-state index in [1.165, 1.54) is 37.2 Å². The molecule has 112 valence electrons. The van der Waals surface area contributed by atoms with Crippen LogP contribution in [0.15, 0.2) is 17.5 Å². The fourth-order valence-electron chi connectivity index (χ4n) is 3.72. The first-order chi connectivity index (χ1) is 9.82. The molecule has 2 aliphatic rings. The van der Waals surface area contributed by atoms with E-state index in [4.69, 9.17) is 9.47 Å². The van der Waals surface area contributed by atoms with Crippen LogP contribution in [0, 0.1) is 5.92 Å². The minimum absolute atomic E-state index is 0.157. The smallest absolute Gasteiger partial charge is 0.0736 e. The predicted molar refractivity (Wildman–Crippen MR) is 82.1 cm³/mol. The van der Waals surface area contributed by atoms with Crippen molar-refractivity contribution in [2.45, 2.75) is 37.8 Å². The number of hydrogen-bond acceptors (Lipinski definition) is 4. The van der Waals surface area contributed by atoms with Crippen molar-refractivity contribution < 1.29 is 9.47 Å². The van der Waals surface area contributed by atoms with Gasteiger partial charge in [0.25, 0.3) is 0 Å². The highest BCUT2D eigenvalue weighted by Gasteiger charge is 2.45. The van der Waals surface area contributed by atoms with Crippen LogP contribution in [0.25, 0.3) is 0 Å². The van der Waals surface area contributed by atoms with E-state index in [1.54, 1.807) is 7.11 Å². The zero-order valence-electron chi connectivity index (χ0n) is 12.3. The number of ether oxygens (including phenoxy) is 2. The molecule has 4 heteroatoms. The van der Waals surface area contributed by atoms with E-state index < -0.39 is 0 Å². The SMILES string of the molecule is COCC[C@@H]1CCOC12CCN(Cc1cccs1)CC2. The molecule has 2 aliphatic heterocycles. The summed E-state index contributed by atoms with van der Waals surface area (Å²) in [4.78, 5) is 4.05. The van der Waals surface area contributed by atoms with Crippen molar-refractivity contribution in [1.29, 1.82) is 0 Å². The van der Waals surface area contributed by atoms with Crippen molar-refractivity contribution in [3.05, 3.63) is 22.4 Å². The standard InChI is InChI=1S/C16H25NO2S/c1-18-10-4-14-5-11-19-16(14)6-8-17(9-7-16)13-15-3-2-12-20-15/h2-3,12,14H,4-11,13H2,1H3/t14-/m1/s1. The second-order valence-corrected chi connectivity index (χ2v) is 7.07. The summed E-state index contributed by atoms with van der Waals surface area (Å²) >= 11 is 1.86. The Balaban J connectivity index is 1.54. The maximum atomic E-state index is 6.20. The topological polar surface area (TPSA) is 21.7 Å². The second-order valence-electron chi connectivity index (χ2n) is 6.04. The van der Waals surface area contributed by atoms with Gasteiger partial charge in [-0.1, -0.05) is 6.07 Å². The minimum atomic E-state index is 0.157. The largest absolute Gasteiger partial charge is 0.385 e. The van der Waals surface area contributed by atoms with Gasteiger partial charge in [-0.05, 0) is 43.0 Å². The molecule has 3 nitrogen and oxygen atoms in total. The van der Waals surface area contributed by atoms with E-state index in [0.717, 1.165) is 26.2 Å². The van der Waals surface area contributed by atoms with Crippen molar-refractivity contribution in [3.8, 4) is 0 Å². The van der Waals surface area contributed by atoms with Gasteiger partial charge in [0.15, 0.2) is 0 Å². The number of piperidine rings is 1. The minimum Gasteiger partial charge on any atom is -0.385 e. The third kappa shape index (κ3) is 3.08. The summed E-state index contributed by atoms with van der Waals surface area (Å²) in [6.45, 7) is 5.26. The molecular weight excluding hydrogens is 270 g/mol. The number of likely N-dealkylation sites (tertiary alicyclic amines) is 1. The summed E-state index contributed by atoms with van der Waals surface area (Å²) in [5.41, 5.74) is 0.157. The number of thiophene rings is 1. The van der Waals surface area contributed by atoms with Gasteiger partial charge in [0.2, 0.25) is 0 Å². The molecule has 1 aromatic heterocycles. The van der Waals surface area contributed by atoms with Crippen molar-refractivity contribution in [3.63, 3.8) is 0 Å². The highest BCUT2D eigenvalue weighted by atomic mass is 32.1. The van der Waals surface area contributed by atoms with E-state index in [1.807, 2.05) is 11.3 Å². The van der Waals surface area contributed by atoms with Crippen LogP contribution in [-0.2, 0) is 16.0 Å². The number of methoxy groups -OCH3 is 1. The third-order valence-electron chi connectivity index (χ3n) is 4.93. The van der Waals surface area contributed by atoms with Crippen LogP contribution in [0.3, 0.4) is 0 Å². The van der Waals surface area contributed by atoms with Gasteiger partial charge < -0.3 is 9.47 Å². The Kier molecular flexibility index (Phi) is 4.76. The first-order valence-electron chi connectivity index (χ1n) is 7.70. The quantitative estimate of drug-likeness (QED) is 0.833. The lowest BCUT2D eigenvalue weighted by atomic mass is 9.78. The van der Waals surface area contributed by atoms with Crippen LogP contribution in [0.2, 0.25) is 0 Å².